The molecule has 4 aromatic rings. The van der Waals surface area contributed by atoms with Crippen LogP contribution < -0.4 is 10.1 Å². The van der Waals surface area contributed by atoms with Gasteiger partial charge in [-0.1, -0.05) is 23.4 Å². The number of benzene rings is 1. The number of aryl methyl sites for hydroxylation is 1. The fourth-order valence-corrected chi connectivity index (χ4v) is 3.82. The van der Waals surface area contributed by atoms with E-state index < -0.39 is 0 Å². The van der Waals surface area contributed by atoms with Crippen molar-refractivity contribution in [2.75, 3.05) is 18.2 Å². The van der Waals surface area contributed by atoms with Crippen molar-refractivity contribution in [3.05, 3.63) is 65.3 Å². The average Bonchev–Trinajstić information content (AvgIpc) is 3.51. The van der Waals surface area contributed by atoms with Crippen LogP contribution in [0, 0.1) is 6.92 Å². The summed E-state index contributed by atoms with van der Waals surface area (Å²) in [5.74, 6) is 2.28. The summed E-state index contributed by atoms with van der Waals surface area (Å²) in [6.45, 7) is 2.27. The van der Waals surface area contributed by atoms with Gasteiger partial charge in [0.05, 0.1) is 37.6 Å². The summed E-state index contributed by atoms with van der Waals surface area (Å²) in [4.78, 5) is 12.6. The smallest absolute Gasteiger partial charge is 0.234 e. The Balaban J connectivity index is 1.51. The van der Waals surface area contributed by atoms with Gasteiger partial charge in [0.1, 0.15) is 11.5 Å². The van der Waals surface area contributed by atoms with Crippen LogP contribution in [0.5, 0.6) is 5.75 Å². The number of nitrogens with zero attached hydrogens (tertiary/aromatic N) is 3. The lowest BCUT2D eigenvalue weighted by molar-refractivity contribution is -0.113. The molecule has 1 amide bonds. The average molecular weight is 459 g/mol. The van der Waals surface area contributed by atoms with E-state index in [0.717, 1.165) is 11.3 Å². The van der Waals surface area contributed by atoms with E-state index in [4.69, 9.17) is 25.2 Å². The van der Waals surface area contributed by atoms with E-state index in [0.29, 0.717) is 39.7 Å². The Labute approximate surface area is 187 Å². The molecular formula is C21H19ClN4O4S. The summed E-state index contributed by atoms with van der Waals surface area (Å²) in [5, 5.41) is 12.5. The number of amides is 1. The van der Waals surface area contributed by atoms with Crippen LogP contribution in [0.2, 0.25) is 5.02 Å². The minimum absolute atomic E-state index is 0.124. The standard InChI is InChI=1S/C21H19ClN4O4S/c1-13-9-16(18(28-2)10-15(13)22)23-19(27)12-31-21-25-24-20(17-6-4-8-30-17)26(21)11-14-5-3-7-29-14/h3-10H,11-12H2,1-2H3,(H,23,27). The predicted molar refractivity (Wildman–Crippen MR) is 118 cm³/mol. The molecule has 0 fully saturated rings. The third-order valence-corrected chi connectivity index (χ3v) is 5.81. The number of aromatic nitrogens is 3. The Morgan fingerprint density at radius 3 is 2.74 bits per heavy atom. The second-order valence-corrected chi connectivity index (χ2v) is 7.94. The third-order valence-electron chi connectivity index (χ3n) is 4.44. The van der Waals surface area contributed by atoms with E-state index in [1.165, 1.54) is 18.9 Å². The number of thioether (sulfide) groups is 1. The van der Waals surface area contributed by atoms with Crippen LogP contribution in [-0.4, -0.2) is 33.5 Å². The predicted octanol–water partition coefficient (Wildman–Crippen LogP) is 4.88. The third kappa shape index (κ3) is 4.78. The van der Waals surface area contributed by atoms with Gasteiger partial charge in [-0.3, -0.25) is 9.36 Å². The summed E-state index contributed by atoms with van der Waals surface area (Å²) in [5.41, 5.74) is 1.40. The molecule has 31 heavy (non-hydrogen) atoms. The molecule has 0 radical (unpaired) electrons. The summed E-state index contributed by atoms with van der Waals surface area (Å²) < 4.78 is 18.1. The molecule has 0 aliphatic heterocycles. The lowest BCUT2D eigenvalue weighted by atomic mass is 10.2. The molecule has 0 bridgehead atoms. The van der Waals surface area contributed by atoms with Gasteiger partial charge >= 0.3 is 0 Å². The zero-order valence-electron chi connectivity index (χ0n) is 16.8. The number of anilines is 1. The molecule has 0 spiro atoms. The Hall–Kier alpha value is -3.17. The van der Waals surface area contributed by atoms with Crippen molar-refractivity contribution >= 4 is 35.0 Å². The number of ether oxygens (including phenoxy) is 1. The fourth-order valence-electron chi connectivity index (χ4n) is 2.93. The lowest BCUT2D eigenvalue weighted by Crippen LogP contribution is -2.15. The SMILES string of the molecule is COc1cc(Cl)c(C)cc1NC(=O)CSc1nnc(-c2ccco2)n1Cc1ccco1. The Morgan fingerprint density at radius 1 is 1.23 bits per heavy atom. The molecular weight excluding hydrogens is 440 g/mol. The van der Waals surface area contributed by atoms with Crippen LogP contribution in [0.15, 0.2) is 62.9 Å². The Kier molecular flexibility index (Phi) is 6.34. The number of halogens is 1. The molecule has 1 N–H and O–H groups in total. The van der Waals surface area contributed by atoms with Crippen molar-refractivity contribution in [1.82, 2.24) is 14.8 Å². The summed E-state index contributed by atoms with van der Waals surface area (Å²) in [6, 6.07) is 10.7. The molecule has 1 aromatic carbocycles. The van der Waals surface area contributed by atoms with Gasteiger partial charge in [-0.2, -0.15) is 0 Å². The van der Waals surface area contributed by atoms with Crippen LogP contribution in [0.25, 0.3) is 11.6 Å². The first-order valence-corrected chi connectivity index (χ1v) is 10.7. The number of carbonyl (C=O) groups is 1. The Bertz CT molecular complexity index is 1170. The van der Waals surface area contributed by atoms with E-state index in [-0.39, 0.29) is 11.7 Å². The quantitative estimate of drug-likeness (QED) is 0.376. The molecule has 0 aliphatic rings. The normalized spacial score (nSPS) is 10.9. The van der Waals surface area contributed by atoms with Crippen molar-refractivity contribution in [3.63, 3.8) is 0 Å². The van der Waals surface area contributed by atoms with Gasteiger partial charge in [-0.05, 0) is 42.8 Å². The molecule has 3 heterocycles. The maximum absolute atomic E-state index is 12.6. The van der Waals surface area contributed by atoms with Gasteiger partial charge in [-0.25, -0.2) is 0 Å². The molecule has 0 saturated heterocycles. The molecule has 0 unspecified atom stereocenters. The van der Waals surface area contributed by atoms with Crippen molar-refractivity contribution < 1.29 is 18.4 Å². The summed E-state index contributed by atoms with van der Waals surface area (Å²) in [7, 11) is 1.53. The minimum atomic E-state index is -0.211. The van der Waals surface area contributed by atoms with Crippen molar-refractivity contribution in [3.8, 4) is 17.3 Å². The second kappa shape index (κ2) is 9.32. The highest BCUT2D eigenvalue weighted by Crippen LogP contribution is 2.31. The first kappa shape index (κ1) is 21.1. The maximum atomic E-state index is 12.6. The van der Waals surface area contributed by atoms with Gasteiger partial charge in [-0.15, -0.1) is 10.2 Å². The molecule has 0 aliphatic carbocycles. The zero-order valence-corrected chi connectivity index (χ0v) is 18.4. The van der Waals surface area contributed by atoms with Crippen LogP contribution in [0.1, 0.15) is 11.3 Å². The fraction of sp³-hybridized carbons (Fsp3) is 0.190. The zero-order chi connectivity index (χ0) is 21.8. The highest BCUT2D eigenvalue weighted by molar-refractivity contribution is 7.99. The van der Waals surface area contributed by atoms with Crippen LogP contribution >= 0.6 is 23.4 Å². The molecule has 0 atom stereocenters. The van der Waals surface area contributed by atoms with E-state index in [9.17, 15) is 4.79 Å². The van der Waals surface area contributed by atoms with E-state index in [2.05, 4.69) is 15.5 Å². The number of hydrogen-bond donors (Lipinski definition) is 1. The maximum Gasteiger partial charge on any atom is 0.234 e. The number of hydrogen-bond acceptors (Lipinski definition) is 7. The van der Waals surface area contributed by atoms with Gasteiger partial charge in [0.25, 0.3) is 0 Å². The van der Waals surface area contributed by atoms with Crippen LogP contribution in [0.4, 0.5) is 5.69 Å². The largest absolute Gasteiger partial charge is 0.495 e. The van der Waals surface area contributed by atoms with Crippen molar-refractivity contribution in [2.24, 2.45) is 0 Å². The second-order valence-electron chi connectivity index (χ2n) is 6.59. The molecule has 10 heteroatoms. The van der Waals surface area contributed by atoms with Gasteiger partial charge in [0, 0.05) is 11.1 Å². The highest BCUT2D eigenvalue weighted by atomic mass is 35.5. The summed E-state index contributed by atoms with van der Waals surface area (Å²) in [6.07, 6.45) is 3.18. The molecule has 3 aromatic heterocycles. The highest BCUT2D eigenvalue weighted by Gasteiger charge is 2.19. The van der Waals surface area contributed by atoms with E-state index in [1.54, 1.807) is 36.8 Å². The van der Waals surface area contributed by atoms with E-state index in [1.807, 2.05) is 23.6 Å². The lowest BCUT2D eigenvalue weighted by Gasteiger charge is -2.12. The van der Waals surface area contributed by atoms with Gasteiger partial charge in [0.15, 0.2) is 10.9 Å². The Morgan fingerprint density at radius 2 is 2.03 bits per heavy atom. The molecule has 0 saturated carbocycles. The van der Waals surface area contributed by atoms with E-state index >= 15 is 0 Å². The van der Waals surface area contributed by atoms with Gasteiger partial charge in [0.2, 0.25) is 11.7 Å². The number of nitrogens with one attached hydrogen (secondary N) is 1. The number of methoxy groups -OCH3 is 1. The molecule has 8 nitrogen and oxygen atoms in total. The van der Waals surface area contributed by atoms with Crippen LogP contribution in [0.3, 0.4) is 0 Å². The monoisotopic (exact) mass is 458 g/mol. The minimum Gasteiger partial charge on any atom is -0.495 e. The number of carbonyl (C=O) groups excluding carboxylic acids is 1. The summed E-state index contributed by atoms with van der Waals surface area (Å²) >= 11 is 7.39. The van der Waals surface area contributed by atoms with Crippen LogP contribution in [-0.2, 0) is 11.3 Å². The first-order chi connectivity index (χ1) is 15.0. The van der Waals surface area contributed by atoms with Crippen molar-refractivity contribution in [1.29, 1.82) is 0 Å². The number of rotatable bonds is 8. The first-order valence-electron chi connectivity index (χ1n) is 9.31. The number of furan rings is 2. The topological polar surface area (TPSA) is 95.3 Å². The van der Waals surface area contributed by atoms with Gasteiger partial charge < -0.3 is 18.9 Å². The van der Waals surface area contributed by atoms with Crippen molar-refractivity contribution in [2.45, 2.75) is 18.6 Å². The molecule has 4 rings (SSSR count). The molecule has 160 valence electrons.